The van der Waals surface area contributed by atoms with E-state index in [1.165, 1.54) is 54.3 Å². The second kappa shape index (κ2) is 11.4. The first-order valence-electron chi connectivity index (χ1n) is 10.0. The highest BCUT2D eigenvalue weighted by molar-refractivity contribution is 7.92. The lowest BCUT2D eigenvalue weighted by Gasteiger charge is -2.30. The predicted molar refractivity (Wildman–Crippen MR) is 124 cm³/mol. The van der Waals surface area contributed by atoms with Crippen LogP contribution in [0.25, 0.3) is 0 Å². The van der Waals surface area contributed by atoms with Crippen molar-refractivity contribution in [3.63, 3.8) is 0 Å². The van der Waals surface area contributed by atoms with Crippen molar-refractivity contribution in [2.75, 3.05) is 17.5 Å². The number of aryl methyl sites for hydroxylation is 1. The summed E-state index contributed by atoms with van der Waals surface area (Å²) in [6.07, 6.45) is 1.24. The van der Waals surface area contributed by atoms with Gasteiger partial charge in [-0.2, -0.15) is 0 Å². The first kappa shape index (κ1) is 25.7. The Morgan fingerprint density at radius 3 is 2.59 bits per heavy atom. The number of hydrogen-bond acceptors (Lipinski definition) is 7. The first-order valence-corrected chi connectivity index (χ1v) is 12.2. The molecule has 1 amide bonds. The van der Waals surface area contributed by atoms with Crippen LogP contribution in [0, 0.1) is 5.82 Å². The summed E-state index contributed by atoms with van der Waals surface area (Å²) in [6.45, 7) is 1.91. The lowest BCUT2D eigenvalue weighted by Crippen LogP contribution is -2.43. The molecule has 10 nitrogen and oxygen atoms in total. The molecule has 2 aromatic carbocycles. The second-order valence-electron chi connectivity index (χ2n) is 7.15. The number of nitrogens with one attached hydrogen (secondary N) is 1. The van der Waals surface area contributed by atoms with Crippen LogP contribution >= 0.6 is 23.2 Å². The third-order valence-corrected chi connectivity index (χ3v) is 7.03. The van der Waals surface area contributed by atoms with E-state index in [2.05, 4.69) is 20.8 Å². The standard InChI is InChI=1S/C20H21Cl2FN6O4S/c1-14(12-33-20(30)24-9-2-10-28-13-25-26-27-28)29(19-11-16(22)5-8-18(19)23)34(31,32)17-6-3-15(21)4-7-17/h3-8,11,13-14H,2,9-10,12H2,1H3,(H,24,30). The minimum atomic E-state index is -4.26. The van der Waals surface area contributed by atoms with E-state index in [1.54, 1.807) is 0 Å². The van der Waals surface area contributed by atoms with Gasteiger partial charge in [-0.1, -0.05) is 23.2 Å². The number of halogens is 3. The zero-order valence-electron chi connectivity index (χ0n) is 17.9. The quantitative estimate of drug-likeness (QED) is 0.398. The monoisotopic (exact) mass is 530 g/mol. The molecule has 1 unspecified atom stereocenters. The number of tetrazole rings is 1. The summed E-state index contributed by atoms with van der Waals surface area (Å²) in [5.41, 5.74) is -0.277. The minimum absolute atomic E-state index is 0.116. The smallest absolute Gasteiger partial charge is 0.407 e. The molecule has 1 heterocycles. The molecular weight excluding hydrogens is 510 g/mol. The van der Waals surface area contributed by atoms with Gasteiger partial charge in [0.2, 0.25) is 0 Å². The number of alkyl carbamates (subject to hydrolysis) is 1. The summed E-state index contributed by atoms with van der Waals surface area (Å²) in [6, 6.07) is 8.01. The Hall–Kier alpha value is -2.96. The molecule has 0 aliphatic carbocycles. The Kier molecular flexibility index (Phi) is 8.64. The van der Waals surface area contributed by atoms with E-state index in [0.717, 1.165) is 10.4 Å². The van der Waals surface area contributed by atoms with E-state index in [9.17, 15) is 17.6 Å². The number of rotatable bonds is 10. The average molecular weight is 531 g/mol. The number of benzene rings is 2. The van der Waals surface area contributed by atoms with Crippen LogP contribution in [0.1, 0.15) is 13.3 Å². The predicted octanol–water partition coefficient (Wildman–Crippen LogP) is 3.52. The van der Waals surface area contributed by atoms with Crippen molar-refractivity contribution in [2.45, 2.75) is 30.8 Å². The molecule has 0 fully saturated rings. The normalized spacial score (nSPS) is 12.2. The number of ether oxygens (including phenoxy) is 1. The van der Waals surface area contributed by atoms with Crippen LogP contribution in [-0.2, 0) is 21.3 Å². The zero-order chi connectivity index (χ0) is 24.7. The molecule has 14 heteroatoms. The van der Waals surface area contributed by atoms with Crippen molar-refractivity contribution in [1.29, 1.82) is 0 Å². The maximum atomic E-state index is 14.7. The van der Waals surface area contributed by atoms with Crippen molar-refractivity contribution < 1.29 is 22.3 Å². The van der Waals surface area contributed by atoms with Gasteiger partial charge in [0.05, 0.1) is 16.6 Å². The molecule has 0 bridgehead atoms. The van der Waals surface area contributed by atoms with Crippen LogP contribution in [0.15, 0.2) is 53.7 Å². The van der Waals surface area contributed by atoms with Gasteiger partial charge in [-0.15, -0.1) is 5.10 Å². The molecule has 3 aromatic rings. The number of hydrogen-bond donors (Lipinski definition) is 1. The molecule has 1 aromatic heterocycles. The Balaban J connectivity index is 1.72. The van der Waals surface area contributed by atoms with Gasteiger partial charge in [0.15, 0.2) is 0 Å². The number of carbonyl (C=O) groups is 1. The molecule has 34 heavy (non-hydrogen) atoms. The number of aromatic nitrogens is 4. The lowest BCUT2D eigenvalue weighted by atomic mass is 10.2. The SMILES string of the molecule is CC(COC(=O)NCCCn1cnnn1)N(c1cc(Cl)ccc1F)S(=O)(=O)c1ccc(Cl)cc1. The molecule has 0 aliphatic rings. The van der Waals surface area contributed by atoms with Gasteiger partial charge < -0.3 is 10.1 Å². The summed E-state index contributed by atoms with van der Waals surface area (Å²) in [5, 5.41) is 13.8. The highest BCUT2D eigenvalue weighted by Gasteiger charge is 2.32. The lowest BCUT2D eigenvalue weighted by molar-refractivity contribution is 0.141. The molecule has 0 aliphatic heterocycles. The number of carbonyl (C=O) groups excluding carboxylic acids is 1. The summed E-state index contributed by atoms with van der Waals surface area (Å²) in [4.78, 5) is 12.0. The largest absolute Gasteiger partial charge is 0.447 e. The number of amides is 1. The van der Waals surface area contributed by atoms with Crippen molar-refractivity contribution in [3.05, 3.63) is 64.7 Å². The maximum absolute atomic E-state index is 14.7. The molecule has 0 saturated heterocycles. The Morgan fingerprint density at radius 2 is 1.91 bits per heavy atom. The van der Waals surface area contributed by atoms with Crippen LogP contribution in [-0.4, -0.2) is 53.9 Å². The molecular formula is C20H21Cl2FN6O4S. The molecule has 1 atom stereocenters. The van der Waals surface area contributed by atoms with E-state index in [0.29, 0.717) is 18.0 Å². The van der Waals surface area contributed by atoms with Crippen LogP contribution in [0.2, 0.25) is 10.0 Å². The molecule has 182 valence electrons. The van der Waals surface area contributed by atoms with E-state index in [1.807, 2.05) is 0 Å². The topological polar surface area (TPSA) is 119 Å². The molecule has 0 saturated carbocycles. The fourth-order valence-corrected chi connectivity index (χ4v) is 4.94. The van der Waals surface area contributed by atoms with Crippen LogP contribution in [0.5, 0.6) is 0 Å². The fourth-order valence-electron chi connectivity index (χ4n) is 3.01. The van der Waals surface area contributed by atoms with Crippen LogP contribution < -0.4 is 9.62 Å². The van der Waals surface area contributed by atoms with E-state index < -0.39 is 28.0 Å². The van der Waals surface area contributed by atoms with Crippen molar-refractivity contribution in [2.24, 2.45) is 0 Å². The summed E-state index contributed by atoms with van der Waals surface area (Å²) in [7, 11) is -4.26. The van der Waals surface area contributed by atoms with E-state index in [-0.39, 0.29) is 28.8 Å². The van der Waals surface area contributed by atoms with Gasteiger partial charge in [-0.25, -0.2) is 22.3 Å². The van der Waals surface area contributed by atoms with Crippen molar-refractivity contribution in [1.82, 2.24) is 25.5 Å². The summed E-state index contributed by atoms with van der Waals surface area (Å²) < 4.78 is 49.0. The van der Waals surface area contributed by atoms with E-state index >= 15 is 0 Å². The fraction of sp³-hybridized carbons (Fsp3) is 0.300. The number of anilines is 1. The summed E-state index contributed by atoms with van der Waals surface area (Å²) >= 11 is 11.9. The summed E-state index contributed by atoms with van der Waals surface area (Å²) in [5.74, 6) is -0.805. The third-order valence-electron chi connectivity index (χ3n) is 4.60. The van der Waals surface area contributed by atoms with Gasteiger partial charge in [0.1, 0.15) is 18.8 Å². The molecule has 3 rings (SSSR count). The molecule has 0 radical (unpaired) electrons. The molecule has 1 N–H and O–H groups in total. The van der Waals surface area contributed by atoms with E-state index in [4.69, 9.17) is 27.9 Å². The minimum Gasteiger partial charge on any atom is -0.447 e. The number of nitrogens with zero attached hydrogens (tertiary/aromatic N) is 5. The van der Waals surface area contributed by atoms with Gasteiger partial charge in [-0.05, 0) is 66.2 Å². The van der Waals surface area contributed by atoms with Crippen molar-refractivity contribution >= 4 is 45.0 Å². The first-order chi connectivity index (χ1) is 16.2. The van der Waals surface area contributed by atoms with Gasteiger partial charge >= 0.3 is 6.09 Å². The van der Waals surface area contributed by atoms with Gasteiger partial charge in [0.25, 0.3) is 10.0 Å². The third kappa shape index (κ3) is 6.55. The highest BCUT2D eigenvalue weighted by atomic mass is 35.5. The Morgan fingerprint density at radius 1 is 1.21 bits per heavy atom. The Labute approximate surface area is 205 Å². The van der Waals surface area contributed by atoms with Crippen LogP contribution in [0.4, 0.5) is 14.9 Å². The Bertz CT molecular complexity index is 1210. The maximum Gasteiger partial charge on any atom is 0.407 e. The zero-order valence-corrected chi connectivity index (χ0v) is 20.3. The molecule has 0 spiro atoms. The van der Waals surface area contributed by atoms with Gasteiger partial charge in [0, 0.05) is 23.1 Å². The highest BCUT2D eigenvalue weighted by Crippen LogP contribution is 2.31. The van der Waals surface area contributed by atoms with Gasteiger partial charge in [-0.3, -0.25) is 4.31 Å². The van der Waals surface area contributed by atoms with Crippen molar-refractivity contribution in [3.8, 4) is 0 Å². The van der Waals surface area contributed by atoms with Crippen LogP contribution in [0.3, 0.4) is 0 Å². The number of sulfonamides is 1. The second-order valence-corrected chi connectivity index (χ2v) is 9.84. The average Bonchev–Trinajstić information content (AvgIpc) is 3.31.